The van der Waals surface area contributed by atoms with Crippen molar-refractivity contribution in [3.05, 3.63) is 65.9 Å². The molecule has 142 valence electrons. The molecule has 3 aromatic rings. The smallest absolute Gasteiger partial charge is 0.339 e. The number of aryl methyl sites for hydroxylation is 1. The Kier molecular flexibility index (Phi) is 5.63. The first kappa shape index (κ1) is 19.0. The van der Waals surface area contributed by atoms with Crippen LogP contribution in [0.1, 0.15) is 11.3 Å². The van der Waals surface area contributed by atoms with Gasteiger partial charge in [-0.05, 0) is 37.1 Å². The van der Waals surface area contributed by atoms with Crippen molar-refractivity contribution < 1.29 is 14.7 Å². The van der Waals surface area contributed by atoms with Gasteiger partial charge in [0.2, 0.25) is 0 Å². The Morgan fingerprint density at radius 3 is 2.50 bits per heavy atom. The van der Waals surface area contributed by atoms with Crippen molar-refractivity contribution in [1.82, 2.24) is 14.8 Å². The van der Waals surface area contributed by atoms with Gasteiger partial charge < -0.3 is 10.5 Å². The number of ether oxygens (including phenoxy) is 1. The van der Waals surface area contributed by atoms with Crippen LogP contribution in [0.25, 0.3) is 16.9 Å². The molecule has 0 saturated heterocycles. The fraction of sp³-hybridized carbons (Fsp3) is 0.143. The minimum Gasteiger partial charge on any atom is -0.497 e. The second-order valence-corrected chi connectivity index (χ2v) is 6.09. The van der Waals surface area contributed by atoms with Crippen LogP contribution in [0, 0.1) is 18.8 Å². The van der Waals surface area contributed by atoms with Crippen LogP contribution in [0.2, 0.25) is 0 Å². The largest absolute Gasteiger partial charge is 0.497 e. The number of aromatic nitrogens is 2. The van der Waals surface area contributed by atoms with Gasteiger partial charge >= 0.3 is 6.03 Å². The van der Waals surface area contributed by atoms with E-state index < -0.39 is 6.03 Å². The molecule has 3 N–H and O–H groups in total. The third-order valence-corrected chi connectivity index (χ3v) is 4.07. The number of benzene rings is 2. The monoisotopic (exact) mass is 376 g/mol. The molecule has 0 aliphatic rings. The second kappa shape index (κ2) is 8.29. The zero-order valence-corrected chi connectivity index (χ0v) is 15.6. The van der Waals surface area contributed by atoms with E-state index in [9.17, 15) is 10.0 Å². The summed E-state index contributed by atoms with van der Waals surface area (Å²) in [6.07, 6.45) is 0. The van der Waals surface area contributed by atoms with Gasteiger partial charge in [0.1, 0.15) is 18.0 Å². The molecular formula is C21H20N4O3. The average Bonchev–Trinajstić information content (AvgIpc) is 3.12. The lowest BCUT2D eigenvalue weighted by Crippen LogP contribution is -2.32. The van der Waals surface area contributed by atoms with Crippen LogP contribution >= 0.6 is 0 Å². The molecule has 2 amide bonds. The summed E-state index contributed by atoms with van der Waals surface area (Å²) < 4.78 is 7.01. The first-order valence-electron chi connectivity index (χ1n) is 8.54. The van der Waals surface area contributed by atoms with Crippen molar-refractivity contribution in [3.63, 3.8) is 0 Å². The van der Waals surface area contributed by atoms with Crippen LogP contribution in [0.3, 0.4) is 0 Å². The van der Waals surface area contributed by atoms with E-state index in [-0.39, 0.29) is 6.54 Å². The molecule has 0 aliphatic heterocycles. The molecule has 0 atom stereocenters. The van der Waals surface area contributed by atoms with E-state index >= 15 is 0 Å². The summed E-state index contributed by atoms with van der Waals surface area (Å²) >= 11 is 0. The number of carbonyl (C=O) groups excluding carboxylic acids is 1. The van der Waals surface area contributed by atoms with Gasteiger partial charge in [-0.25, -0.2) is 9.48 Å². The predicted octanol–water partition coefficient (Wildman–Crippen LogP) is 2.98. The molecule has 0 fully saturated rings. The molecule has 7 nitrogen and oxygen atoms in total. The lowest BCUT2D eigenvalue weighted by atomic mass is 10.1. The Labute approximate surface area is 162 Å². The van der Waals surface area contributed by atoms with E-state index in [1.54, 1.807) is 11.8 Å². The van der Waals surface area contributed by atoms with E-state index in [2.05, 4.69) is 16.9 Å². The second-order valence-electron chi connectivity index (χ2n) is 6.09. The third-order valence-electron chi connectivity index (χ3n) is 4.07. The van der Waals surface area contributed by atoms with E-state index in [1.165, 1.54) is 0 Å². The Morgan fingerprint density at radius 2 is 1.89 bits per heavy atom. The zero-order valence-electron chi connectivity index (χ0n) is 15.6. The molecule has 3 rings (SSSR count). The molecule has 1 heterocycles. The van der Waals surface area contributed by atoms with Crippen LogP contribution in [0.15, 0.2) is 54.6 Å². The number of carbonyl (C=O) groups is 1. The maximum absolute atomic E-state index is 10.9. The zero-order chi connectivity index (χ0) is 20.1. The summed E-state index contributed by atoms with van der Waals surface area (Å²) in [5.41, 5.74) is 9.34. The van der Waals surface area contributed by atoms with Gasteiger partial charge in [0.15, 0.2) is 0 Å². The summed E-state index contributed by atoms with van der Waals surface area (Å²) in [7, 11) is 1.62. The van der Waals surface area contributed by atoms with E-state index in [0.717, 1.165) is 28.3 Å². The molecule has 0 bridgehead atoms. The van der Waals surface area contributed by atoms with Crippen LogP contribution in [-0.4, -0.2) is 39.7 Å². The summed E-state index contributed by atoms with van der Waals surface area (Å²) in [4.78, 5) is 10.9. The van der Waals surface area contributed by atoms with Gasteiger partial charge in [-0.3, -0.25) is 5.21 Å². The highest BCUT2D eigenvalue weighted by molar-refractivity contribution is 5.71. The normalized spacial score (nSPS) is 10.1. The highest BCUT2D eigenvalue weighted by atomic mass is 16.5. The number of hydrogen-bond acceptors (Lipinski definition) is 4. The molecule has 0 unspecified atom stereocenters. The highest BCUT2D eigenvalue weighted by Crippen LogP contribution is 2.25. The number of rotatable bonds is 4. The summed E-state index contributed by atoms with van der Waals surface area (Å²) in [6.45, 7) is 1.82. The average molecular weight is 376 g/mol. The number of primary amides is 1. The number of hydroxylamine groups is 2. The van der Waals surface area contributed by atoms with Gasteiger partial charge in [0.05, 0.1) is 18.5 Å². The lowest BCUT2D eigenvalue weighted by molar-refractivity contribution is -0.0269. The number of amides is 2. The fourth-order valence-corrected chi connectivity index (χ4v) is 2.58. The minimum atomic E-state index is -0.960. The van der Waals surface area contributed by atoms with Crippen molar-refractivity contribution in [2.75, 3.05) is 13.7 Å². The highest BCUT2D eigenvalue weighted by Gasteiger charge is 2.11. The molecule has 28 heavy (non-hydrogen) atoms. The quantitative estimate of drug-likeness (QED) is 0.416. The van der Waals surface area contributed by atoms with Gasteiger partial charge in [-0.2, -0.15) is 10.2 Å². The standard InChI is InChI=1S/C21H20N4O3/c1-15-5-7-16(8-6-15)20-14-17(4-3-13-24(27)21(22)26)23-25(20)18-9-11-19(28-2)12-10-18/h5-12,14,27H,13H2,1-2H3,(H2,22,26). The van der Waals surface area contributed by atoms with Crippen LogP contribution in [0.4, 0.5) is 4.79 Å². The van der Waals surface area contributed by atoms with Gasteiger partial charge in [-0.15, -0.1) is 0 Å². The molecule has 0 aliphatic carbocycles. The first-order chi connectivity index (χ1) is 13.5. The fourth-order valence-electron chi connectivity index (χ4n) is 2.58. The minimum absolute atomic E-state index is 0.204. The molecule has 2 aromatic carbocycles. The van der Waals surface area contributed by atoms with Gasteiger partial charge in [0.25, 0.3) is 0 Å². The Morgan fingerprint density at radius 1 is 1.21 bits per heavy atom. The van der Waals surface area contributed by atoms with Crippen LogP contribution < -0.4 is 10.5 Å². The van der Waals surface area contributed by atoms with Gasteiger partial charge in [0, 0.05) is 11.6 Å². The number of hydrogen-bond donors (Lipinski definition) is 2. The Hall–Kier alpha value is -3.76. The first-order valence-corrected chi connectivity index (χ1v) is 8.54. The molecule has 1 aromatic heterocycles. The van der Waals surface area contributed by atoms with E-state index in [1.807, 2.05) is 61.5 Å². The molecule has 0 saturated carbocycles. The van der Waals surface area contributed by atoms with E-state index in [4.69, 9.17) is 10.5 Å². The Balaban J connectivity index is 2.00. The summed E-state index contributed by atoms with van der Waals surface area (Å²) in [5.74, 6) is 6.28. The molecule has 0 spiro atoms. The molecular weight excluding hydrogens is 356 g/mol. The third kappa shape index (κ3) is 4.31. The predicted molar refractivity (Wildman–Crippen MR) is 105 cm³/mol. The van der Waals surface area contributed by atoms with Crippen molar-refractivity contribution in [3.8, 4) is 34.5 Å². The lowest BCUT2D eigenvalue weighted by Gasteiger charge is -2.08. The van der Waals surface area contributed by atoms with Crippen molar-refractivity contribution >= 4 is 6.03 Å². The molecule has 7 heteroatoms. The maximum atomic E-state index is 10.9. The van der Waals surface area contributed by atoms with Crippen LogP contribution in [0.5, 0.6) is 5.75 Å². The number of nitrogens with two attached hydrogens (primary N) is 1. The number of nitrogens with zero attached hydrogens (tertiary/aromatic N) is 3. The van der Waals surface area contributed by atoms with Gasteiger partial charge in [-0.1, -0.05) is 35.7 Å². The van der Waals surface area contributed by atoms with Crippen molar-refractivity contribution in [2.45, 2.75) is 6.92 Å². The summed E-state index contributed by atoms with van der Waals surface area (Å²) in [6, 6.07) is 16.5. The maximum Gasteiger partial charge on any atom is 0.339 e. The van der Waals surface area contributed by atoms with Crippen LogP contribution in [-0.2, 0) is 0 Å². The van der Waals surface area contributed by atoms with E-state index in [0.29, 0.717) is 10.8 Å². The SMILES string of the molecule is COc1ccc(-n2nc(C#CCN(O)C(N)=O)cc2-c2ccc(C)cc2)cc1. The number of methoxy groups -OCH3 is 1. The van der Waals surface area contributed by atoms with Crippen molar-refractivity contribution in [2.24, 2.45) is 5.73 Å². The topological polar surface area (TPSA) is 93.6 Å². The Bertz CT molecular complexity index is 1030. The summed E-state index contributed by atoms with van der Waals surface area (Å²) in [5, 5.41) is 14.2. The van der Waals surface area contributed by atoms with Crippen molar-refractivity contribution in [1.29, 1.82) is 0 Å². The number of urea groups is 1. The molecule has 0 radical (unpaired) electrons.